The number of carbonyl (C=O) groups excluding carboxylic acids is 1. The summed E-state index contributed by atoms with van der Waals surface area (Å²) in [5.41, 5.74) is 2.94. The Kier molecular flexibility index (Phi) is 7.78. The van der Waals surface area contributed by atoms with Crippen LogP contribution in [0.15, 0.2) is 53.4 Å². The van der Waals surface area contributed by atoms with Gasteiger partial charge in [0, 0.05) is 18.0 Å². The number of hydrogen-bond acceptors (Lipinski definition) is 4. The average Bonchev–Trinajstić information content (AvgIpc) is 2.62. The lowest BCUT2D eigenvalue weighted by molar-refractivity contribution is -0.115. The summed E-state index contributed by atoms with van der Waals surface area (Å²) in [7, 11) is -3.31. The number of hydrogen-bond donors (Lipinski definition) is 2. The molecule has 2 rings (SSSR count). The van der Waals surface area contributed by atoms with Crippen molar-refractivity contribution < 1.29 is 13.2 Å². The maximum Gasteiger partial charge on any atom is 0.238 e. The van der Waals surface area contributed by atoms with Crippen molar-refractivity contribution in [3.8, 4) is 0 Å². The topological polar surface area (TPSA) is 75.3 Å². The zero-order valence-corrected chi connectivity index (χ0v) is 17.8. The van der Waals surface area contributed by atoms with Crippen molar-refractivity contribution in [2.75, 3.05) is 18.1 Å². The Labute approximate surface area is 168 Å². The Morgan fingerprint density at radius 1 is 1.07 bits per heavy atom. The standard InChI is InChI=1S/C22H30N2O3S/c1-5-7-17-10-12-18(13-11-17)22(16(2)3)23-15-21(25)24-19-8-6-9-20(14-19)28(4,26)27/h6,8-14,16,22-23H,5,7,15H2,1-4H3,(H,24,25)/t22-/m1/s1. The van der Waals surface area contributed by atoms with Crippen molar-refractivity contribution in [1.82, 2.24) is 5.32 Å². The normalized spacial score (nSPS) is 12.8. The molecule has 2 aromatic carbocycles. The molecule has 1 amide bonds. The predicted molar refractivity (Wildman–Crippen MR) is 114 cm³/mol. The third kappa shape index (κ3) is 6.46. The summed E-state index contributed by atoms with van der Waals surface area (Å²) in [6.07, 6.45) is 3.33. The van der Waals surface area contributed by atoms with Gasteiger partial charge in [-0.3, -0.25) is 4.79 Å². The van der Waals surface area contributed by atoms with E-state index >= 15 is 0 Å². The van der Waals surface area contributed by atoms with Crippen LogP contribution in [0.3, 0.4) is 0 Å². The number of sulfone groups is 1. The number of carbonyl (C=O) groups is 1. The van der Waals surface area contributed by atoms with Gasteiger partial charge < -0.3 is 10.6 Å². The molecule has 0 aliphatic rings. The first kappa shape index (κ1) is 22.1. The van der Waals surface area contributed by atoms with E-state index in [0.29, 0.717) is 11.6 Å². The molecule has 0 aliphatic heterocycles. The number of rotatable bonds is 9. The lowest BCUT2D eigenvalue weighted by Crippen LogP contribution is -2.33. The van der Waals surface area contributed by atoms with Crippen LogP contribution in [0.2, 0.25) is 0 Å². The second-order valence-electron chi connectivity index (χ2n) is 7.44. The van der Waals surface area contributed by atoms with Crippen LogP contribution >= 0.6 is 0 Å². The zero-order chi connectivity index (χ0) is 20.7. The van der Waals surface area contributed by atoms with Crippen molar-refractivity contribution in [2.24, 2.45) is 5.92 Å². The highest BCUT2D eigenvalue weighted by Gasteiger charge is 2.17. The molecule has 1 atom stereocenters. The fourth-order valence-corrected chi connectivity index (χ4v) is 3.80. The maximum absolute atomic E-state index is 12.3. The van der Waals surface area contributed by atoms with Crippen LogP contribution in [-0.2, 0) is 21.1 Å². The molecular weight excluding hydrogens is 372 g/mol. The smallest absolute Gasteiger partial charge is 0.238 e. The maximum atomic E-state index is 12.3. The molecule has 0 aromatic heterocycles. The van der Waals surface area contributed by atoms with Gasteiger partial charge in [-0.05, 0) is 41.7 Å². The quantitative estimate of drug-likeness (QED) is 0.665. The minimum atomic E-state index is -3.31. The summed E-state index contributed by atoms with van der Waals surface area (Å²) < 4.78 is 23.3. The molecule has 5 nitrogen and oxygen atoms in total. The minimum Gasteiger partial charge on any atom is -0.325 e. The van der Waals surface area contributed by atoms with Gasteiger partial charge in [0.2, 0.25) is 5.91 Å². The molecule has 28 heavy (non-hydrogen) atoms. The molecule has 0 bridgehead atoms. The van der Waals surface area contributed by atoms with Crippen molar-refractivity contribution in [2.45, 2.75) is 44.6 Å². The van der Waals surface area contributed by atoms with E-state index in [9.17, 15) is 13.2 Å². The van der Waals surface area contributed by atoms with Crippen molar-refractivity contribution in [3.63, 3.8) is 0 Å². The van der Waals surface area contributed by atoms with Crippen LogP contribution in [0, 0.1) is 5.92 Å². The Morgan fingerprint density at radius 2 is 1.75 bits per heavy atom. The van der Waals surface area contributed by atoms with E-state index in [-0.39, 0.29) is 23.4 Å². The predicted octanol–water partition coefficient (Wildman–Crippen LogP) is 3.97. The molecular formula is C22H30N2O3S. The first-order valence-corrected chi connectivity index (χ1v) is 11.5. The average molecular weight is 403 g/mol. The molecule has 0 spiro atoms. The van der Waals surface area contributed by atoms with E-state index in [1.165, 1.54) is 17.7 Å². The summed E-state index contributed by atoms with van der Waals surface area (Å²) in [4.78, 5) is 12.5. The van der Waals surface area contributed by atoms with Gasteiger partial charge in [0.25, 0.3) is 0 Å². The highest BCUT2D eigenvalue weighted by molar-refractivity contribution is 7.90. The fourth-order valence-electron chi connectivity index (χ4n) is 3.13. The molecule has 2 N–H and O–H groups in total. The van der Waals surface area contributed by atoms with Gasteiger partial charge in [-0.2, -0.15) is 0 Å². The lowest BCUT2D eigenvalue weighted by atomic mass is 9.94. The van der Waals surface area contributed by atoms with Crippen molar-refractivity contribution in [1.29, 1.82) is 0 Å². The molecule has 0 radical (unpaired) electrons. The number of amides is 1. The lowest BCUT2D eigenvalue weighted by Gasteiger charge is -2.23. The first-order chi connectivity index (χ1) is 13.2. The monoisotopic (exact) mass is 402 g/mol. The summed E-state index contributed by atoms with van der Waals surface area (Å²) in [5, 5.41) is 6.08. The van der Waals surface area contributed by atoms with Gasteiger partial charge in [-0.15, -0.1) is 0 Å². The molecule has 0 fully saturated rings. The summed E-state index contributed by atoms with van der Waals surface area (Å²) in [5.74, 6) is 0.109. The molecule has 0 aliphatic carbocycles. The first-order valence-electron chi connectivity index (χ1n) is 9.63. The largest absolute Gasteiger partial charge is 0.325 e. The Morgan fingerprint density at radius 3 is 2.32 bits per heavy atom. The third-order valence-electron chi connectivity index (χ3n) is 4.57. The van der Waals surface area contributed by atoms with Gasteiger partial charge in [-0.25, -0.2) is 8.42 Å². The van der Waals surface area contributed by atoms with Crippen molar-refractivity contribution in [3.05, 3.63) is 59.7 Å². The number of nitrogens with one attached hydrogen (secondary N) is 2. The number of benzene rings is 2. The summed E-state index contributed by atoms with van der Waals surface area (Å²) >= 11 is 0. The number of aryl methyl sites for hydroxylation is 1. The molecule has 152 valence electrons. The van der Waals surface area contributed by atoms with Gasteiger partial charge in [0.05, 0.1) is 11.4 Å². The highest BCUT2D eigenvalue weighted by Crippen LogP contribution is 2.22. The molecule has 0 saturated heterocycles. The van der Waals surface area contributed by atoms with Crippen molar-refractivity contribution >= 4 is 21.4 Å². The van der Waals surface area contributed by atoms with Gasteiger partial charge in [-0.1, -0.05) is 57.5 Å². The second kappa shape index (κ2) is 9.85. The van der Waals surface area contributed by atoms with Gasteiger partial charge >= 0.3 is 0 Å². The number of anilines is 1. The van der Waals surface area contributed by atoms with Crippen LogP contribution < -0.4 is 10.6 Å². The highest BCUT2D eigenvalue weighted by atomic mass is 32.2. The minimum absolute atomic E-state index is 0.0591. The molecule has 0 saturated carbocycles. The second-order valence-corrected chi connectivity index (χ2v) is 9.46. The third-order valence-corrected chi connectivity index (χ3v) is 5.68. The molecule has 6 heteroatoms. The van der Waals surface area contributed by atoms with Crippen LogP contribution in [0.4, 0.5) is 5.69 Å². The van der Waals surface area contributed by atoms with Gasteiger partial charge in [0.1, 0.15) is 0 Å². The van der Waals surface area contributed by atoms with E-state index in [1.54, 1.807) is 12.1 Å². The van der Waals surface area contributed by atoms with E-state index in [2.05, 4.69) is 55.7 Å². The van der Waals surface area contributed by atoms with E-state index in [0.717, 1.165) is 24.7 Å². The van der Waals surface area contributed by atoms with Crippen LogP contribution in [0.25, 0.3) is 0 Å². The van der Waals surface area contributed by atoms with Gasteiger partial charge in [0.15, 0.2) is 9.84 Å². The summed E-state index contributed by atoms with van der Waals surface area (Å²) in [6, 6.07) is 14.9. The zero-order valence-electron chi connectivity index (χ0n) is 17.0. The molecule has 0 unspecified atom stereocenters. The van der Waals surface area contributed by atoms with Crippen LogP contribution in [-0.4, -0.2) is 27.1 Å². The van der Waals surface area contributed by atoms with Crippen LogP contribution in [0.5, 0.6) is 0 Å². The Bertz CT molecular complexity index is 890. The molecule has 0 heterocycles. The summed E-state index contributed by atoms with van der Waals surface area (Å²) in [6.45, 7) is 6.54. The fraction of sp³-hybridized carbons (Fsp3) is 0.409. The molecule has 2 aromatic rings. The van der Waals surface area contributed by atoms with E-state index < -0.39 is 9.84 Å². The van der Waals surface area contributed by atoms with E-state index in [1.807, 2.05) is 0 Å². The van der Waals surface area contributed by atoms with E-state index in [4.69, 9.17) is 0 Å². The Balaban J connectivity index is 2.01. The SMILES string of the molecule is CCCc1ccc([C@H](NCC(=O)Nc2cccc(S(C)(=O)=O)c2)C(C)C)cc1. The van der Waals surface area contributed by atoms with Crippen LogP contribution in [0.1, 0.15) is 44.4 Å². The Hall–Kier alpha value is -2.18.